The van der Waals surface area contributed by atoms with Crippen molar-refractivity contribution in [1.29, 1.82) is 0 Å². The van der Waals surface area contributed by atoms with Gasteiger partial charge < -0.3 is 0 Å². The summed E-state index contributed by atoms with van der Waals surface area (Å²) < 4.78 is 1.32. The fourth-order valence-electron chi connectivity index (χ4n) is 2.79. The maximum Gasteiger partial charge on any atom is 0.263 e. The number of anilines is 1. The lowest BCUT2D eigenvalue weighted by atomic mass is 10.1. The summed E-state index contributed by atoms with van der Waals surface area (Å²) in [6, 6.07) is 7.99. The number of carbonyl (C=O) groups excluding carboxylic acids is 1. The van der Waals surface area contributed by atoms with Crippen molar-refractivity contribution in [3.8, 4) is 11.1 Å². The van der Waals surface area contributed by atoms with Gasteiger partial charge in [0.25, 0.3) is 5.56 Å². The largest absolute Gasteiger partial charge is 0.299 e. The molecule has 0 fully saturated rings. The van der Waals surface area contributed by atoms with E-state index in [2.05, 4.69) is 20.5 Å². The quantitative estimate of drug-likeness (QED) is 0.543. The Morgan fingerprint density at radius 1 is 1.21 bits per heavy atom. The Bertz CT molecular complexity index is 1210. The van der Waals surface area contributed by atoms with E-state index in [9.17, 15) is 9.59 Å². The maximum absolute atomic E-state index is 13.0. The van der Waals surface area contributed by atoms with Crippen molar-refractivity contribution in [1.82, 2.24) is 19.7 Å². The number of rotatable bonds is 5. The van der Waals surface area contributed by atoms with Gasteiger partial charge in [0.1, 0.15) is 16.4 Å². The summed E-state index contributed by atoms with van der Waals surface area (Å²) in [5, 5.41) is 14.3. The van der Waals surface area contributed by atoms with Crippen molar-refractivity contribution >= 4 is 43.9 Å². The zero-order valence-corrected chi connectivity index (χ0v) is 16.9. The van der Waals surface area contributed by atoms with Crippen LogP contribution in [0.15, 0.2) is 40.8 Å². The number of amides is 1. The summed E-state index contributed by atoms with van der Waals surface area (Å²) in [6.45, 7) is 3.86. The van der Waals surface area contributed by atoms with Crippen LogP contribution in [0, 0.1) is 6.92 Å². The number of thiophene rings is 1. The monoisotopic (exact) mass is 411 g/mol. The normalized spacial score (nSPS) is 11.1. The average Bonchev–Trinajstić information content (AvgIpc) is 3.32. The molecule has 1 aromatic carbocycles. The van der Waals surface area contributed by atoms with Gasteiger partial charge in [-0.05, 0) is 18.9 Å². The molecule has 0 aliphatic rings. The van der Waals surface area contributed by atoms with Gasteiger partial charge in [0.15, 0.2) is 0 Å². The number of nitrogens with zero attached hydrogens (tertiary/aromatic N) is 4. The van der Waals surface area contributed by atoms with E-state index in [1.165, 1.54) is 33.6 Å². The zero-order valence-electron chi connectivity index (χ0n) is 15.3. The van der Waals surface area contributed by atoms with Gasteiger partial charge in [-0.2, -0.15) is 0 Å². The number of fused-ring (bicyclic) bond motifs is 1. The molecule has 0 bridgehead atoms. The second-order valence-electron chi connectivity index (χ2n) is 6.28. The molecule has 3 heterocycles. The third-order valence-corrected chi connectivity index (χ3v) is 6.12. The smallest absolute Gasteiger partial charge is 0.263 e. The molecule has 142 valence electrons. The summed E-state index contributed by atoms with van der Waals surface area (Å²) in [5.74, 6) is -0.339. The average molecular weight is 412 g/mol. The van der Waals surface area contributed by atoms with E-state index in [-0.39, 0.29) is 18.0 Å². The van der Waals surface area contributed by atoms with Crippen LogP contribution in [-0.4, -0.2) is 25.7 Å². The molecule has 0 aliphatic heterocycles. The topological polar surface area (TPSA) is 89.8 Å². The number of carbonyl (C=O) groups is 1. The van der Waals surface area contributed by atoms with Crippen molar-refractivity contribution in [2.45, 2.75) is 26.8 Å². The van der Waals surface area contributed by atoms with Crippen LogP contribution in [0.2, 0.25) is 0 Å². The Hall–Kier alpha value is -2.91. The molecule has 4 aromatic rings. The number of aromatic nitrogens is 4. The number of nitrogens with one attached hydrogen (secondary N) is 1. The first-order valence-corrected chi connectivity index (χ1v) is 10.4. The predicted molar refractivity (Wildman–Crippen MR) is 112 cm³/mol. The number of hydrogen-bond donors (Lipinski definition) is 1. The lowest BCUT2D eigenvalue weighted by molar-refractivity contribution is -0.116. The van der Waals surface area contributed by atoms with Crippen LogP contribution >= 0.6 is 22.7 Å². The minimum atomic E-state index is -0.339. The maximum atomic E-state index is 13.0. The summed E-state index contributed by atoms with van der Waals surface area (Å²) in [6.07, 6.45) is 2.17. The molecule has 7 nitrogen and oxygen atoms in total. The van der Waals surface area contributed by atoms with Crippen LogP contribution < -0.4 is 10.9 Å². The van der Waals surface area contributed by atoms with Crippen LogP contribution in [0.25, 0.3) is 21.3 Å². The molecular weight excluding hydrogens is 394 g/mol. The van der Waals surface area contributed by atoms with Crippen molar-refractivity contribution < 1.29 is 4.79 Å². The van der Waals surface area contributed by atoms with Crippen LogP contribution in [0.4, 0.5) is 5.13 Å². The van der Waals surface area contributed by atoms with Gasteiger partial charge in [0.05, 0.1) is 11.7 Å². The molecule has 9 heteroatoms. The van der Waals surface area contributed by atoms with Gasteiger partial charge in [-0.25, -0.2) is 4.98 Å². The summed E-state index contributed by atoms with van der Waals surface area (Å²) in [5.41, 5.74) is 2.71. The lowest BCUT2D eigenvalue weighted by Crippen LogP contribution is -2.27. The van der Waals surface area contributed by atoms with Crippen LogP contribution in [0.5, 0.6) is 0 Å². The molecule has 0 aliphatic carbocycles. The Morgan fingerprint density at radius 3 is 2.71 bits per heavy atom. The zero-order chi connectivity index (χ0) is 19.7. The summed E-state index contributed by atoms with van der Waals surface area (Å²) in [7, 11) is 0. The van der Waals surface area contributed by atoms with Gasteiger partial charge in [-0.1, -0.05) is 48.1 Å². The fourth-order valence-corrected chi connectivity index (χ4v) is 4.39. The standard InChI is InChI=1S/C19H17N5O2S2/c1-3-15-22-23-19(28-15)21-14(25)8-24-10-20-17-16(18(24)26)13(9-27-17)12-6-4-11(2)5-7-12/h4-7,9-10H,3,8H2,1-2H3,(H,21,23,25). The number of benzene rings is 1. The first kappa shape index (κ1) is 18.5. The molecule has 28 heavy (non-hydrogen) atoms. The third kappa shape index (κ3) is 3.58. The number of hydrogen-bond acceptors (Lipinski definition) is 7. The van der Waals surface area contributed by atoms with Crippen molar-refractivity contribution in [2.75, 3.05) is 5.32 Å². The molecule has 0 unspecified atom stereocenters. The summed E-state index contributed by atoms with van der Waals surface area (Å²) in [4.78, 5) is 30.4. The predicted octanol–water partition coefficient (Wildman–Crippen LogP) is 3.49. The van der Waals surface area contributed by atoms with Gasteiger partial charge >= 0.3 is 0 Å². The Balaban J connectivity index is 1.63. The molecular formula is C19H17N5O2S2. The van der Waals surface area contributed by atoms with E-state index in [0.29, 0.717) is 15.3 Å². The van der Waals surface area contributed by atoms with E-state index in [4.69, 9.17) is 0 Å². The van der Waals surface area contributed by atoms with E-state index in [1.54, 1.807) is 0 Å². The summed E-state index contributed by atoms with van der Waals surface area (Å²) >= 11 is 2.75. The van der Waals surface area contributed by atoms with Crippen molar-refractivity contribution in [3.63, 3.8) is 0 Å². The molecule has 3 aromatic heterocycles. The molecule has 1 N–H and O–H groups in total. The van der Waals surface area contributed by atoms with Gasteiger partial charge in [-0.3, -0.25) is 19.5 Å². The molecule has 0 saturated carbocycles. The second-order valence-corrected chi connectivity index (χ2v) is 8.20. The second kappa shape index (κ2) is 7.61. The van der Waals surface area contributed by atoms with Crippen LogP contribution in [0.3, 0.4) is 0 Å². The van der Waals surface area contributed by atoms with E-state index >= 15 is 0 Å². The van der Waals surface area contributed by atoms with E-state index in [0.717, 1.165) is 28.1 Å². The van der Waals surface area contributed by atoms with Gasteiger partial charge in [-0.15, -0.1) is 21.5 Å². The van der Waals surface area contributed by atoms with Crippen LogP contribution in [-0.2, 0) is 17.8 Å². The SMILES string of the molecule is CCc1nnc(NC(=O)Cn2cnc3scc(-c4ccc(C)cc4)c3c2=O)s1. The molecule has 0 spiro atoms. The van der Waals surface area contributed by atoms with Crippen LogP contribution in [0.1, 0.15) is 17.5 Å². The first-order valence-electron chi connectivity index (χ1n) is 8.71. The highest BCUT2D eigenvalue weighted by Gasteiger charge is 2.15. The Kier molecular flexibility index (Phi) is 5.01. The number of aryl methyl sites for hydroxylation is 2. The minimum absolute atomic E-state index is 0.133. The van der Waals surface area contributed by atoms with Gasteiger partial charge in [0.2, 0.25) is 11.0 Å². The van der Waals surface area contributed by atoms with Gasteiger partial charge in [0, 0.05) is 10.9 Å². The molecule has 0 saturated heterocycles. The first-order chi connectivity index (χ1) is 13.5. The minimum Gasteiger partial charge on any atom is -0.299 e. The van der Waals surface area contributed by atoms with E-state index in [1.807, 2.05) is 43.5 Å². The van der Waals surface area contributed by atoms with Crippen molar-refractivity contribution in [3.05, 3.63) is 56.9 Å². The molecule has 0 atom stereocenters. The lowest BCUT2D eigenvalue weighted by Gasteiger charge is -2.06. The highest BCUT2D eigenvalue weighted by Crippen LogP contribution is 2.30. The van der Waals surface area contributed by atoms with E-state index < -0.39 is 0 Å². The molecule has 0 radical (unpaired) electrons. The Morgan fingerprint density at radius 2 is 2.00 bits per heavy atom. The Labute approximate surface area is 168 Å². The highest BCUT2D eigenvalue weighted by atomic mass is 32.1. The highest BCUT2D eigenvalue weighted by molar-refractivity contribution is 7.17. The molecule has 1 amide bonds. The fraction of sp³-hybridized carbons (Fsp3) is 0.211. The van der Waals surface area contributed by atoms with Crippen molar-refractivity contribution in [2.24, 2.45) is 0 Å². The third-order valence-electron chi connectivity index (χ3n) is 4.25. The molecule has 4 rings (SSSR count).